The fraction of sp³-hybridized carbons (Fsp3) is 0.700. The highest BCUT2D eigenvalue weighted by Gasteiger charge is 2.26. The largest absolute Gasteiger partial charge is 0.274 e. The number of terminal acetylenes is 1. The Labute approximate surface area is 74.9 Å². The van der Waals surface area contributed by atoms with Gasteiger partial charge in [-0.15, -0.1) is 0 Å². The van der Waals surface area contributed by atoms with Gasteiger partial charge in [0.15, 0.2) is 0 Å². The Kier molecular flexibility index (Phi) is 3.33. The third kappa shape index (κ3) is 2.58. The van der Waals surface area contributed by atoms with Crippen molar-refractivity contribution >= 4 is 5.91 Å². The summed E-state index contributed by atoms with van der Waals surface area (Å²) in [5.41, 5.74) is -0.282. The molecule has 0 aliphatic heterocycles. The summed E-state index contributed by atoms with van der Waals surface area (Å²) in [5.74, 6) is -0.0368. The molecule has 0 fully saturated rings. The van der Waals surface area contributed by atoms with Crippen molar-refractivity contribution in [3.8, 4) is 12.5 Å². The van der Waals surface area contributed by atoms with Gasteiger partial charge in [0, 0.05) is 17.5 Å². The monoisotopic (exact) mass is 167 g/mol. The molecule has 0 spiro atoms. The molecule has 0 atom stereocenters. The Morgan fingerprint density at radius 1 is 1.42 bits per heavy atom. The van der Waals surface area contributed by atoms with Crippen LogP contribution in [0.4, 0.5) is 0 Å². The maximum Gasteiger partial charge on any atom is 0.237 e. The first kappa shape index (κ1) is 11.0. The first-order valence-electron chi connectivity index (χ1n) is 4.11. The lowest BCUT2D eigenvalue weighted by Crippen LogP contribution is -2.44. The molecular weight excluding hydrogens is 150 g/mol. The van der Waals surface area contributed by atoms with Gasteiger partial charge in [-0.25, -0.2) is 0 Å². The maximum absolute atomic E-state index is 11.5. The summed E-state index contributed by atoms with van der Waals surface area (Å²) < 4.78 is 0. The normalized spacial score (nSPS) is 11.1. The standard InChI is InChI=1S/C10H17NO/c1-7-11(10(4,5)6)9(12)8(2)3/h1,8H,2-6H3. The molecule has 68 valence electrons. The Morgan fingerprint density at radius 3 is 1.92 bits per heavy atom. The minimum Gasteiger partial charge on any atom is -0.274 e. The lowest BCUT2D eigenvalue weighted by molar-refractivity contribution is -0.134. The topological polar surface area (TPSA) is 20.3 Å². The fourth-order valence-electron chi connectivity index (χ4n) is 0.846. The molecule has 2 heteroatoms. The van der Waals surface area contributed by atoms with Crippen molar-refractivity contribution in [3.63, 3.8) is 0 Å². The molecule has 0 bridgehead atoms. The van der Waals surface area contributed by atoms with Crippen LogP contribution in [-0.4, -0.2) is 16.3 Å². The minimum absolute atomic E-state index is 0.00463. The van der Waals surface area contributed by atoms with E-state index < -0.39 is 0 Å². The predicted molar refractivity (Wildman–Crippen MR) is 50.3 cm³/mol. The number of rotatable bonds is 1. The molecule has 0 aromatic rings. The van der Waals surface area contributed by atoms with Gasteiger partial charge in [0.1, 0.15) is 0 Å². The molecule has 0 unspecified atom stereocenters. The molecule has 12 heavy (non-hydrogen) atoms. The van der Waals surface area contributed by atoms with Crippen LogP contribution in [0.1, 0.15) is 34.6 Å². The maximum atomic E-state index is 11.5. The van der Waals surface area contributed by atoms with E-state index in [0.29, 0.717) is 0 Å². The summed E-state index contributed by atoms with van der Waals surface area (Å²) in [6, 6.07) is 2.41. The molecule has 0 heterocycles. The lowest BCUT2D eigenvalue weighted by atomic mass is 10.0. The van der Waals surface area contributed by atoms with E-state index >= 15 is 0 Å². The van der Waals surface area contributed by atoms with Crippen molar-refractivity contribution in [1.29, 1.82) is 0 Å². The molecule has 0 radical (unpaired) electrons. The van der Waals surface area contributed by atoms with Crippen LogP contribution >= 0.6 is 0 Å². The zero-order chi connectivity index (χ0) is 9.94. The van der Waals surface area contributed by atoms with Crippen LogP contribution in [0.3, 0.4) is 0 Å². The first-order chi connectivity index (χ1) is 5.30. The smallest absolute Gasteiger partial charge is 0.237 e. The van der Waals surface area contributed by atoms with Crippen molar-refractivity contribution in [2.45, 2.75) is 40.2 Å². The average Bonchev–Trinajstić information content (AvgIpc) is 1.85. The highest BCUT2D eigenvalue weighted by atomic mass is 16.2. The van der Waals surface area contributed by atoms with Crippen LogP contribution < -0.4 is 0 Å². The molecule has 1 amide bonds. The van der Waals surface area contributed by atoms with Crippen molar-refractivity contribution < 1.29 is 4.79 Å². The number of amides is 1. The van der Waals surface area contributed by atoms with Gasteiger partial charge < -0.3 is 0 Å². The molecule has 0 aromatic heterocycles. The van der Waals surface area contributed by atoms with Gasteiger partial charge in [-0.1, -0.05) is 20.3 Å². The van der Waals surface area contributed by atoms with Gasteiger partial charge in [0.05, 0.1) is 0 Å². The second-order valence-corrected chi connectivity index (χ2v) is 4.13. The van der Waals surface area contributed by atoms with E-state index in [0.717, 1.165) is 0 Å². The van der Waals surface area contributed by atoms with Gasteiger partial charge in [0.25, 0.3) is 0 Å². The third-order valence-corrected chi connectivity index (χ3v) is 1.51. The Hall–Kier alpha value is -0.970. The SMILES string of the molecule is C#CN(C(=O)C(C)C)C(C)(C)C. The van der Waals surface area contributed by atoms with Crippen LogP contribution in [0, 0.1) is 18.4 Å². The second kappa shape index (κ2) is 3.62. The summed E-state index contributed by atoms with van der Waals surface area (Å²) in [4.78, 5) is 12.9. The molecule has 0 saturated heterocycles. The van der Waals surface area contributed by atoms with Crippen LogP contribution in [-0.2, 0) is 4.79 Å². The van der Waals surface area contributed by atoms with Gasteiger partial charge >= 0.3 is 0 Å². The van der Waals surface area contributed by atoms with E-state index in [-0.39, 0.29) is 17.4 Å². The molecule has 0 saturated carbocycles. The Bertz CT molecular complexity index is 205. The third-order valence-electron chi connectivity index (χ3n) is 1.51. The van der Waals surface area contributed by atoms with Crippen LogP contribution in [0.5, 0.6) is 0 Å². The van der Waals surface area contributed by atoms with Crippen molar-refractivity contribution in [3.05, 3.63) is 0 Å². The first-order valence-corrected chi connectivity index (χ1v) is 4.11. The van der Waals surface area contributed by atoms with Gasteiger partial charge in [-0.2, -0.15) is 0 Å². The summed E-state index contributed by atoms with van der Waals surface area (Å²) >= 11 is 0. The zero-order valence-electron chi connectivity index (χ0n) is 8.51. The van der Waals surface area contributed by atoms with E-state index in [4.69, 9.17) is 6.42 Å². The Morgan fingerprint density at radius 2 is 1.83 bits per heavy atom. The van der Waals surface area contributed by atoms with E-state index in [1.807, 2.05) is 34.6 Å². The van der Waals surface area contributed by atoms with E-state index in [1.54, 1.807) is 0 Å². The second-order valence-electron chi connectivity index (χ2n) is 4.13. The predicted octanol–water partition coefficient (Wildman–Crippen LogP) is 1.86. The number of hydrogen-bond acceptors (Lipinski definition) is 1. The lowest BCUT2D eigenvalue weighted by Gasteiger charge is -2.31. The molecule has 0 N–H and O–H groups in total. The van der Waals surface area contributed by atoms with Crippen molar-refractivity contribution in [1.82, 2.24) is 4.90 Å². The fourth-order valence-corrected chi connectivity index (χ4v) is 0.846. The van der Waals surface area contributed by atoms with Crippen LogP contribution in [0.2, 0.25) is 0 Å². The van der Waals surface area contributed by atoms with Crippen molar-refractivity contribution in [2.24, 2.45) is 5.92 Å². The van der Waals surface area contributed by atoms with Crippen LogP contribution in [0.25, 0.3) is 0 Å². The molecule has 0 aliphatic rings. The molecular formula is C10H17NO. The summed E-state index contributed by atoms with van der Waals surface area (Å²) in [6.07, 6.45) is 5.25. The number of carbonyl (C=O) groups excluding carboxylic acids is 1. The minimum atomic E-state index is -0.282. The average molecular weight is 167 g/mol. The highest BCUT2D eigenvalue weighted by molar-refractivity contribution is 5.80. The van der Waals surface area contributed by atoms with E-state index in [9.17, 15) is 4.79 Å². The number of nitrogens with zero attached hydrogens (tertiary/aromatic N) is 1. The molecule has 0 aromatic carbocycles. The van der Waals surface area contributed by atoms with Gasteiger partial charge in [0.2, 0.25) is 5.91 Å². The number of carbonyl (C=O) groups is 1. The van der Waals surface area contributed by atoms with Gasteiger partial charge in [-0.05, 0) is 20.8 Å². The number of hydrogen-bond donors (Lipinski definition) is 0. The van der Waals surface area contributed by atoms with Gasteiger partial charge in [-0.3, -0.25) is 9.69 Å². The highest BCUT2D eigenvalue weighted by Crippen LogP contribution is 2.14. The summed E-state index contributed by atoms with van der Waals surface area (Å²) in [7, 11) is 0. The summed E-state index contributed by atoms with van der Waals surface area (Å²) in [5, 5.41) is 0. The molecule has 2 nitrogen and oxygen atoms in total. The van der Waals surface area contributed by atoms with Crippen molar-refractivity contribution in [2.75, 3.05) is 0 Å². The Balaban J connectivity index is 4.62. The molecule has 0 rings (SSSR count). The summed E-state index contributed by atoms with van der Waals surface area (Å²) in [6.45, 7) is 9.46. The quantitative estimate of drug-likeness (QED) is 0.431. The molecule has 0 aliphatic carbocycles. The van der Waals surface area contributed by atoms with Crippen LogP contribution in [0.15, 0.2) is 0 Å². The zero-order valence-corrected chi connectivity index (χ0v) is 8.51. The van der Waals surface area contributed by atoms with E-state index in [1.165, 1.54) is 4.90 Å². The van der Waals surface area contributed by atoms with E-state index in [2.05, 4.69) is 6.04 Å².